The molecule has 0 aliphatic heterocycles. The third kappa shape index (κ3) is 3.69. The molecule has 15 heavy (non-hydrogen) atoms. The SMILES string of the molecule is FC(Cl)(Cl)c1ccc(C(Cl)(Cl)Cl)c(Cl)c1. The van der Waals surface area contributed by atoms with Gasteiger partial charge in [0.1, 0.15) is 0 Å². The van der Waals surface area contributed by atoms with Crippen LogP contribution < -0.4 is 0 Å². The molecule has 84 valence electrons. The van der Waals surface area contributed by atoms with Crippen LogP contribution in [0, 0.1) is 0 Å². The van der Waals surface area contributed by atoms with Crippen LogP contribution in [0.5, 0.6) is 0 Å². The molecule has 1 rings (SSSR count). The predicted octanol–water partition coefficient (Wildman–Crippen LogP) is 5.72. The second-order valence-corrected chi connectivity index (χ2v) is 6.61. The lowest BCUT2D eigenvalue weighted by Crippen LogP contribution is -2.05. The fourth-order valence-electron chi connectivity index (χ4n) is 0.921. The minimum Gasteiger partial charge on any atom is -0.203 e. The van der Waals surface area contributed by atoms with Gasteiger partial charge in [-0.2, -0.15) is 0 Å². The lowest BCUT2D eigenvalue weighted by Gasteiger charge is -2.16. The Morgan fingerprint density at radius 1 is 1.00 bits per heavy atom. The van der Waals surface area contributed by atoms with Crippen LogP contribution in [0.4, 0.5) is 4.39 Å². The van der Waals surface area contributed by atoms with Crippen molar-refractivity contribution in [1.29, 1.82) is 0 Å². The van der Waals surface area contributed by atoms with Crippen LogP contribution in [0.2, 0.25) is 5.02 Å². The van der Waals surface area contributed by atoms with E-state index in [0.29, 0.717) is 0 Å². The maximum Gasteiger partial charge on any atom is 0.283 e. The molecule has 0 unspecified atom stereocenters. The molecule has 0 aliphatic carbocycles. The molecule has 0 bridgehead atoms. The molecule has 0 aliphatic rings. The van der Waals surface area contributed by atoms with E-state index in [9.17, 15) is 4.39 Å². The molecule has 0 nitrogen and oxygen atoms in total. The first-order valence-corrected chi connectivity index (χ1v) is 5.83. The highest BCUT2D eigenvalue weighted by Gasteiger charge is 2.30. The van der Waals surface area contributed by atoms with Gasteiger partial charge in [-0.05, 0) is 6.07 Å². The summed E-state index contributed by atoms with van der Waals surface area (Å²) < 4.78 is 8.91. The zero-order chi connectivity index (χ0) is 11.9. The summed E-state index contributed by atoms with van der Waals surface area (Å²) in [5.41, 5.74) is 0.212. The Hall–Kier alpha value is 0.890. The maximum absolute atomic E-state index is 13.1. The summed E-state index contributed by atoms with van der Waals surface area (Å²) in [7, 11) is 0. The van der Waals surface area contributed by atoms with Crippen molar-refractivity contribution >= 4 is 69.6 Å². The molecule has 0 N–H and O–H groups in total. The molecule has 0 radical (unpaired) electrons. The van der Waals surface area contributed by atoms with Crippen molar-refractivity contribution in [2.75, 3.05) is 0 Å². The van der Waals surface area contributed by atoms with Crippen LogP contribution in [-0.4, -0.2) is 0 Å². The summed E-state index contributed by atoms with van der Waals surface area (Å²) in [5.74, 6) is 0. The van der Waals surface area contributed by atoms with Crippen molar-refractivity contribution in [3.63, 3.8) is 0 Å². The number of benzene rings is 1. The average Bonchev–Trinajstić information content (AvgIpc) is 1.99. The molecule has 0 aromatic heterocycles. The van der Waals surface area contributed by atoms with Gasteiger partial charge in [0.05, 0.1) is 0 Å². The minimum atomic E-state index is -2.52. The van der Waals surface area contributed by atoms with Crippen LogP contribution in [0.3, 0.4) is 0 Å². The van der Waals surface area contributed by atoms with E-state index >= 15 is 0 Å². The number of hydrogen-bond donors (Lipinski definition) is 0. The first kappa shape index (κ1) is 14.0. The van der Waals surface area contributed by atoms with E-state index in [1.54, 1.807) is 0 Å². The van der Waals surface area contributed by atoms with Crippen molar-refractivity contribution in [2.24, 2.45) is 0 Å². The fourth-order valence-corrected chi connectivity index (χ4v) is 2.12. The molecule has 0 heterocycles. The van der Waals surface area contributed by atoms with Crippen LogP contribution in [0.25, 0.3) is 0 Å². The molecule has 0 spiro atoms. The second-order valence-electron chi connectivity index (χ2n) is 2.69. The average molecular weight is 331 g/mol. The fraction of sp³-hybridized carbons (Fsp3) is 0.250. The van der Waals surface area contributed by atoms with Crippen LogP contribution in [0.1, 0.15) is 11.1 Å². The summed E-state index contributed by atoms with van der Waals surface area (Å²) >= 11 is 33.1. The van der Waals surface area contributed by atoms with Gasteiger partial charge in [0, 0.05) is 16.1 Å². The minimum absolute atomic E-state index is 0.0196. The van der Waals surface area contributed by atoms with E-state index in [4.69, 9.17) is 69.6 Å². The van der Waals surface area contributed by atoms with Gasteiger partial charge in [-0.25, -0.2) is 4.39 Å². The molecule has 0 saturated carbocycles. The van der Waals surface area contributed by atoms with Gasteiger partial charge >= 0.3 is 0 Å². The van der Waals surface area contributed by atoms with Crippen molar-refractivity contribution in [3.8, 4) is 0 Å². The third-order valence-corrected chi connectivity index (χ3v) is 2.96. The van der Waals surface area contributed by atoms with Crippen molar-refractivity contribution in [1.82, 2.24) is 0 Å². The van der Waals surface area contributed by atoms with Crippen molar-refractivity contribution in [3.05, 3.63) is 34.3 Å². The lowest BCUT2D eigenvalue weighted by molar-refractivity contribution is 0.405. The molecule has 7 heteroatoms. The Kier molecular flexibility index (Phi) is 4.31. The Labute approximate surface area is 116 Å². The van der Waals surface area contributed by atoms with E-state index in [-0.39, 0.29) is 16.1 Å². The van der Waals surface area contributed by atoms with Gasteiger partial charge in [-0.1, -0.05) is 81.7 Å². The second kappa shape index (κ2) is 4.64. The Morgan fingerprint density at radius 3 is 1.87 bits per heavy atom. The zero-order valence-corrected chi connectivity index (χ0v) is 11.4. The molecule has 0 saturated heterocycles. The van der Waals surface area contributed by atoms with Crippen LogP contribution in [0.15, 0.2) is 18.2 Å². The normalized spacial score (nSPS) is 13.0. The van der Waals surface area contributed by atoms with Crippen molar-refractivity contribution < 1.29 is 4.39 Å². The highest BCUT2D eigenvalue weighted by atomic mass is 35.6. The molecule has 1 aromatic rings. The lowest BCUT2D eigenvalue weighted by atomic mass is 10.1. The van der Waals surface area contributed by atoms with Gasteiger partial charge in [0.15, 0.2) is 0 Å². The van der Waals surface area contributed by atoms with E-state index in [1.807, 2.05) is 0 Å². The number of rotatable bonds is 1. The van der Waals surface area contributed by atoms with E-state index in [2.05, 4.69) is 0 Å². The molecule has 1 aromatic carbocycles. The highest BCUT2D eigenvalue weighted by Crippen LogP contribution is 2.44. The first-order chi connectivity index (χ1) is 6.62. The monoisotopic (exact) mass is 328 g/mol. The smallest absolute Gasteiger partial charge is 0.203 e. The molecule has 0 fully saturated rings. The predicted molar refractivity (Wildman–Crippen MR) is 65.2 cm³/mol. The van der Waals surface area contributed by atoms with Crippen LogP contribution >= 0.6 is 69.6 Å². The Bertz CT molecular complexity index is 364. The topological polar surface area (TPSA) is 0 Å². The summed E-state index contributed by atoms with van der Waals surface area (Å²) in [6.45, 7) is 0. The molecule has 0 amide bonds. The number of halogens is 7. The summed E-state index contributed by atoms with van der Waals surface area (Å²) in [6.07, 6.45) is 0. The Balaban J connectivity index is 3.21. The van der Waals surface area contributed by atoms with E-state index in [0.717, 1.165) is 0 Å². The summed E-state index contributed by atoms with van der Waals surface area (Å²) in [6, 6.07) is 3.85. The molecular formula is C8H3Cl6F. The first-order valence-electron chi connectivity index (χ1n) is 3.56. The van der Waals surface area contributed by atoms with E-state index in [1.165, 1.54) is 18.2 Å². The number of hydrogen-bond acceptors (Lipinski definition) is 0. The largest absolute Gasteiger partial charge is 0.283 e. The standard InChI is InChI=1S/C8H3Cl6F/c9-6-3-4(8(13,14)15)1-2-5(6)7(10,11)12/h1-3H. The number of alkyl halides is 6. The van der Waals surface area contributed by atoms with E-state index < -0.39 is 8.38 Å². The quantitative estimate of drug-likeness (QED) is 0.577. The summed E-state index contributed by atoms with van der Waals surface area (Å²) in [5, 5.41) is 0.0795. The molecule has 0 atom stereocenters. The third-order valence-electron chi connectivity index (χ3n) is 1.60. The summed E-state index contributed by atoms with van der Waals surface area (Å²) in [4.78, 5) is 0. The van der Waals surface area contributed by atoms with Gasteiger partial charge in [0.25, 0.3) is 4.59 Å². The van der Waals surface area contributed by atoms with Crippen molar-refractivity contribution in [2.45, 2.75) is 8.38 Å². The zero-order valence-electron chi connectivity index (χ0n) is 6.88. The van der Waals surface area contributed by atoms with Gasteiger partial charge in [-0.3, -0.25) is 0 Å². The molecular weight excluding hydrogens is 328 g/mol. The van der Waals surface area contributed by atoms with Gasteiger partial charge < -0.3 is 0 Å². The maximum atomic E-state index is 13.1. The Morgan fingerprint density at radius 2 is 1.53 bits per heavy atom. The highest BCUT2D eigenvalue weighted by molar-refractivity contribution is 6.67. The van der Waals surface area contributed by atoms with Gasteiger partial charge in [-0.15, -0.1) is 0 Å². The van der Waals surface area contributed by atoms with Crippen LogP contribution in [-0.2, 0) is 8.38 Å². The van der Waals surface area contributed by atoms with Gasteiger partial charge in [0.2, 0.25) is 3.79 Å².